The molecule has 2 rings (SSSR count). The first-order valence-corrected chi connectivity index (χ1v) is 6.95. The number of hydrogen-bond donors (Lipinski definition) is 1. The van der Waals surface area contributed by atoms with E-state index in [1.807, 2.05) is 54.6 Å². The van der Waals surface area contributed by atoms with Crippen LogP contribution in [0.2, 0.25) is 0 Å². The largest absolute Gasteiger partial charge is 0.489 e. The van der Waals surface area contributed by atoms with Crippen molar-refractivity contribution >= 4 is 11.7 Å². The Morgan fingerprint density at radius 3 is 2.59 bits per heavy atom. The van der Waals surface area contributed by atoms with E-state index in [9.17, 15) is 4.79 Å². The van der Waals surface area contributed by atoms with Crippen LogP contribution >= 0.6 is 0 Å². The normalized spacial score (nSPS) is 10.0. The maximum Gasteiger partial charge on any atom is 0.407 e. The Balaban J connectivity index is 2.00. The third-order valence-corrected chi connectivity index (χ3v) is 3.24. The van der Waals surface area contributed by atoms with Gasteiger partial charge in [-0.2, -0.15) is 0 Å². The van der Waals surface area contributed by atoms with Gasteiger partial charge < -0.3 is 14.7 Å². The van der Waals surface area contributed by atoms with E-state index >= 15 is 0 Å². The lowest BCUT2D eigenvalue weighted by Crippen LogP contribution is -2.26. The number of nitrogens with zero attached hydrogens (tertiary/aromatic N) is 1. The summed E-state index contributed by atoms with van der Waals surface area (Å²) in [6.45, 7) is 4.70. The summed E-state index contributed by atoms with van der Waals surface area (Å²) < 4.78 is 5.71. The Hall–Kier alpha value is -2.75. The maximum atomic E-state index is 10.9. The highest BCUT2D eigenvalue weighted by atomic mass is 16.5. The molecule has 2 aromatic rings. The van der Waals surface area contributed by atoms with Crippen molar-refractivity contribution < 1.29 is 14.6 Å². The first-order valence-electron chi connectivity index (χ1n) is 6.95. The van der Waals surface area contributed by atoms with Gasteiger partial charge in [0.2, 0.25) is 0 Å². The lowest BCUT2D eigenvalue weighted by molar-refractivity contribution is 0.161. The molecule has 1 N–H and O–H groups in total. The number of para-hydroxylation sites is 1. The molecule has 0 aliphatic carbocycles. The summed E-state index contributed by atoms with van der Waals surface area (Å²) >= 11 is 0. The summed E-state index contributed by atoms with van der Waals surface area (Å²) in [4.78, 5) is 12.1. The van der Waals surface area contributed by atoms with Gasteiger partial charge in [-0.3, -0.25) is 0 Å². The molecule has 0 saturated carbocycles. The number of benzene rings is 2. The molecule has 2 aromatic carbocycles. The van der Waals surface area contributed by atoms with Crippen molar-refractivity contribution in [2.45, 2.75) is 6.61 Å². The second kappa shape index (κ2) is 7.31. The van der Waals surface area contributed by atoms with E-state index in [4.69, 9.17) is 9.84 Å². The molecule has 0 fully saturated rings. The van der Waals surface area contributed by atoms with Crippen molar-refractivity contribution in [3.63, 3.8) is 0 Å². The van der Waals surface area contributed by atoms with Crippen LogP contribution in [0, 0.1) is 0 Å². The van der Waals surface area contributed by atoms with Crippen LogP contribution in [0.25, 0.3) is 5.57 Å². The summed E-state index contributed by atoms with van der Waals surface area (Å²) in [6.07, 6.45) is -0.968. The molecule has 0 saturated heterocycles. The van der Waals surface area contributed by atoms with Gasteiger partial charge in [-0.1, -0.05) is 43.0 Å². The van der Waals surface area contributed by atoms with Crippen LogP contribution in [0.4, 0.5) is 4.79 Å². The van der Waals surface area contributed by atoms with Crippen LogP contribution in [0.3, 0.4) is 0 Å². The molecular formula is C18H19NO3. The molecule has 22 heavy (non-hydrogen) atoms. The molecule has 0 aliphatic rings. The van der Waals surface area contributed by atoms with Crippen LogP contribution in [0.1, 0.15) is 11.1 Å². The first-order chi connectivity index (χ1) is 10.6. The van der Waals surface area contributed by atoms with Gasteiger partial charge in [0.05, 0.1) is 0 Å². The van der Waals surface area contributed by atoms with Crippen LogP contribution in [0.5, 0.6) is 5.75 Å². The number of carbonyl (C=O) groups is 1. The first kappa shape index (κ1) is 15.6. The Morgan fingerprint density at radius 1 is 1.18 bits per heavy atom. The lowest BCUT2D eigenvalue weighted by Gasteiger charge is -2.15. The fraction of sp³-hybridized carbons (Fsp3) is 0.167. The average Bonchev–Trinajstić information content (AvgIpc) is 2.54. The van der Waals surface area contributed by atoms with E-state index in [1.165, 1.54) is 11.9 Å². The van der Waals surface area contributed by atoms with Gasteiger partial charge in [-0.25, -0.2) is 4.79 Å². The van der Waals surface area contributed by atoms with E-state index in [0.29, 0.717) is 6.61 Å². The predicted molar refractivity (Wildman–Crippen MR) is 86.9 cm³/mol. The second-order valence-electron chi connectivity index (χ2n) is 5.04. The Labute approximate surface area is 130 Å². The third kappa shape index (κ3) is 4.38. The molecule has 0 heterocycles. The lowest BCUT2D eigenvalue weighted by atomic mass is 10.0. The van der Waals surface area contributed by atoms with Crippen molar-refractivity contribution in [1.29, 1.82) is 0 Å². The quantitative estimate of drug-likeness (QED) is 0.880. The fourth-order valence-electron chi connectivity index (χ4n) is 2.01. The van der Waals surface area contributed by atoms with Gasteiger partial charge in [-0.05, 0) is 34.9 Å². The highest BCUT2D eigenvalue weighted by molar-refractivity contribution is 5.71. The molecule has 4 heteroatoms. The van der Waals surface area contributed by atoms with Gasteiger partial charge >= 0.3 is 6.09 Å². The van der Waals surface area contributed by atoms with Crippen molar-refractivity contribution in [3.05, 3.63) is 72.3 Å². The number of hydrogen-bond acceptors (Lipinski definition) is 2. The minimum Gasteiger partial charge on any atom is -0.489 e. The SMILES string of the molecule is C=C(CN(C)C(=O)O)c1cccc(COc2ccccc2)c1. The highest BCUT2D eigenvalue weighted by Crippen LogP contribution is 2.17. The molecule has 0 aliphatic heterocycles. The van der Waals surface area contributed by atoms with Gasteiger partial charge in [0.25, 0.3) is 0 Å². The predicted octanol–water partition coefficient (Wildman–Crippen LogP) is 3.89. The standard InChI is InChI=1S/C18H19NO3/c1-14(12-19(2)18(20)21)16-8-6-7-15(11-16)13-22-17-9-4-3-5-10-17/h3-11H,1,12-13H2,2H3,(H,20,21). The van der Waals surface area contributed by atoms with Crippen LogP contribution < -0.4 is 4.74 Å². The highest BCUT2D eigenvalue weighted by Gasteiger charge is 2.09. The van der Waals surface area contributed by atoms with E-state index < -0.39 is 6.09 Å². The van der Waals surface area contributed by atoms with Crippen molar-refractivity contribution in [2.75, 3.05) is 13.6 Å². The smallest absolute Gasteiger partial charge is 0.407 e. The number of ether oxygens (including phenoxy) is 1. The summed E-state index contributed by atoms with van der Waals surface area (Å²) in [7, 11) is 1.52. The van der Waals surface area contributed by atoms with E-state index in [-0.39, 0.29) is 6.54 Å². The molecule has 0 radical (unpaired) electrons. The third-order valence-electron chi connectivity index (χ3n) is 3.24. The summed E-state index contributed by atoms with van der Waals surface area (Å²) in [5.74, 6) is 0.817. The summed E-state index contributed by atoms with van der Waals surface area (Å²) in [5.41, 5.74) is 2.69. The Bertz CT molecular complexity index is 652. The van der Waals surface area contributed by atoms with Gasteiger partial charge in [0.15, 0.2) is 0 Å². The summed E-state index contributed by atoms with van der Waals surface area (Å²) in [5, 5.41) is 8.91. The van der Waals surface area contributed by atoms with E-state index in [1.54, 1.807) is 0 Å². The Kier molecular flexibility index (Phi) is 5.20. The van der Waals surface area contributed by atoms with Crippen LogP contribution in [-0.2, 0) is 6.61 Å². The topological polar surface area (TPSA) is 49.8 Å². The Morgan fingerprint density at radius 2 is 1.91 bits per heavy atom. The molecular weight excluding hydrogens is 278 g/mol. The molecule has 0 bridgehead atoms. The zero-order valence-corrected chi connectivity index (χ0v) is 12.5. The maximum absolute atomic E-state index is 10.9. The van der Waals surface area contributed by atoms with Gasteiger partial charge in [0.1, 0.15) is 12.4 Å². The minimum atomic E-state index is -0.968. The zero-order chi connectivity index (χ0) is 15.9. The van der Waals surface area contributed by atoms with Crippen LogP contribution in [0.15, 0.2) is 61.2 Å². The van der Waals surface area contributed by atoms with Crippen molar-refractivity contribution in [3.8, 4) is 5.75 Å². The molecule has 0 unspecified atom stereocenters. The molecule has 4 nitrogen and oxygen atoms in total. The van der Waals surface area contributed by atoms with Gasteiger partial charge in [-0.15, -0.1) is 0 Å². The van der Waals surface area contributed by atoms with E-state index in [2.05, 4.69) is 6.58 Å². The van der Waals surface area contributed by atoms with Crippen molar-refractivity contribution in [1.82, 2.24) is 4.90 Å². The number of amides is 1. The average molecular weight is 297 g/mol. The molecule has 1 amide bonds. The molecule has 0 aromatic heterocycles. The fourth-order valence-corrected chi connectivity index (χ4v) is 2.01. The van der Waals surface area contributed by atoms with Gasteiger partial charge in [0, 0.05) is 13.6 Å². The number of carboxylic acid groups (broad SMARTS) is 1. The number of rotatable bonds is 6. The minimum absolute atomic E-state index is 0.276. The van der Waals surface area contributed by atoms with Crippen molar-refractivity contribution in [2.24, 2.45) is 0 Å². The van der Waals surface area contributed by atoms with E-state index in [0.717, 1.165) is 22.4 Å². The number of likely N-dealkylation sites (N-methyl/N-ethyl adjacent to an activating group) is 1. The molecule has 0 atom stereocenters. The monoisotopic (exact) mass is 297 g/mol. The summed E-state index contributed by atoms with van der Waals surface area (Å²) in [6, 6.07) is 17.4. The molecule has 0 spiro atoms. The second-order valence-corrected chi connectivity index (χ2v) is 5.04. The van der Waals surface area contributed by atoms with Crippen LogP contribution in [-0.4, -0.2) is 29.7 Å². The molecule has 114 valence electrons. The zero-order valence-electron chi connectivity index (χ0n) is 12.5.